The number of likely N-dealkylation sites (tertiary alicyclic amines) is 1. The zero-order chi connectivity index (χ0) is 18.6. The van der Waals surface area contributed by atoms with E-state index in [2.05, 4.69) is 34.2 Å². The van der Waals surface area contributed by atoms with Crippen molar-refractivity contribution < 1.29 is 4.42 Å². The van der Waals surface area contributed by atoms with E-state index in [0.717, 1.165) is 66.3 Å². The van der Waals surface area contributed by atoms with Gasteiger partial charge in [-0.25, -0.2) is 0 Å². The molecule has 5 nitrogen and oxygen atoms in total. The molecule has 2 aromatic rings. The highest BCUT2D eigenvalue weighted by molar-refractivity contribution is 6.34. The summed E-state index contributed by atoms with van der Waals surface area (Å²) < 4.78 is 6.37. The Balaban J connectivity index is 1.58. The third-order valence-corrected chi connectivity index (χ3v) is 6.48. The van der Waals surface area contributed by atoms with Gasteiger partial charge in [-0.3, -0.25) is 4.90 Å². The van der Waals surface area contributed by atoms with Crippen LogP contribution in [0.3, 0.4) is 0 Å². The molecule has 0 radical (unpaired) electrons. The van der Waals surface area contributed by atoms with E-state index in [4.69, 9.17) is 21.3 Å². The Morgan fingerprint density at radius 2 is 2.07 bits per heavy atom. The summed E-state index contributed by atoms with van der Waals surface area (Å²) in [5.41, 5.74) is 2.86. The van der Waals surface area contributed by atoms with E-state index in [1.54, 1.807) is 0 Å². The Morgan fingerprint density at radius 3 is 2.81 bits per heavy atom. The maximum absolute atomic E-state index is 8.97. The zero-order valence-corrected chi connectivity index (χ0v) is 16.0. The molecule has 2 fully saturated rings. The number of furan rings is 1. The fourth-order valence-electron chi connectivity index (χ4n) is 4.92. The highest BCUT2D eigenvalue weighted by Gasteiger charge is 2.42. The van der Waals surface area contributed by atoms with Crippen molar-refractivity contribution in [3.8, 4) is 6.07 Å². The third-order valence-electron chi connectivity index (χ3n) is 6.18. The molecular weight excluding hydrogens is 360 g/mol. The molecule has 1 saturated heterocycles. The summed E-state index contributed by atoms with van der Waals surface area (Å²) in [4.78, 5) is 2.24. The predicted molar refractivity (Wildman–Crippen MR) is 106 cm³/mol. The quantitative estimate of drug-likeness (QED) is 0.789. The second-order valence-electron chi connectivity index (χ2n) is 8.13. The van der Waals surface area contributed by atoms with Gasteiger partial charge in [-0.2, -0.15) is 5.26 Å². The van der Waals surface area contributed by atoms with Crippen LogP contribution < -0.4 is 10.6 Å². The first-order valence-electron chi connectivity index (χ1n) is 9.69. The molecule has 6 heteroatoms. The SMILES string of the molecule is C=C1Nc2c(Cl)cc3cc(CN4CC(C#N)C4)oc3c2C2(CCCCC2)N1. The lowest BCUT2D eigenvalue weighted by atomic mass is 9.74. The molecule has 1 spiro atoms. The van der Waals surface area contributed by atoms with Crippen LogP contribution in [0, 0.1) is 17.2 Å². The Labute approximate surface area is 163 Å². The van der Waals surface area contributed by atoms with E-state index in [0.29, 0.717) is 5.02 Å². The van der Waals surface area contributed by atoms with Crippen molar-refractivity contribution in [1.29, 1.82) is 5.26 Å². The van der Waals surface area contributed by atoms with Crippen LogP contribution in [0.5, 0.6) is 0 Å². The second-order valence-corrected chi connectivity index (χ2v) is 8.54. The predicted octanol–water partition coefficient (Wildman–Crippen LogP) is 4.69. The van der Waals surface area contributed by atoms with E-state index in [1.165, 1.54) is 19.3 Å². The highest BCUT2D eigenvalue weighted by atomic mass is 35.5. The Bertz CT molecular complexity index is 961. The van der Waals surface area contributed by atoms with E-state index in [9.17, 15) is 0 Å². The average molecular weight is 383 g/mol. The normalized spacial score (nSPS) is 22.0. The second kappa shape index (κ2) is 6.19. The number of halogens is 1. The molecule has 1 aromatic heterocycles. The molecule has 1 aromatic carbocycles. The number of fused-ring (bicyclic) bond motifs is 4. The fraction of sp³-hybridized carbons (Fsp3) is 0.476. The number of nitrogens with one attached hydrogen (secondary N) is 2. The van der Waals surface area contributed by atoms with Crippen LogP contribution >= 0.6 is 11.6 Å². The summed E-state index contributed by atoms with van der Waals surface area (Å²) in [5.74, 6) is 1.89. The molecule has 3 heterocycles. The van der Waals surface area contributed by atoms with Gasteiger partial charge < -0.3 is 15.1 Å². The molecule has 0 unspecified atom stereocenters. The molecule has 5 rings (SSSR count). The number of nitrogens with zero attached hydrogens (tertiary/aromatic N) is 2. The van der Waals surface area contributed by atoms with Gasteiger partial charge in [0.1, 0.15) is 11.3 Å². The van der Waals surface area contributed by atoms with Gasteiger partial charge in [0.2, 0.25) is 0 Å². The van der Waals surface area contributed by atoms with E-state index in [1.807, 2.05) is 6.07 Å². The summed E-state index contributed by atoms with van der Waals surface area (Å²) in [6, 6.07) is 6.40. The molecule has 0 amide bonds. The lowest BCUT2D eigenvalue weighted by Crippen LogP contribution is -2.48. The van der Waals surface area contributed by atoms with Crippen LogP contribution in [0.2, 0.25) is 5.02 Å². The van der Waals surface area contributed by atoms with Crippen molar-refractivity contribution in [1.82, 2.24) is 10.2 Å². The van der Waals surface area contributed by atoms with Crippen LogP contribution in [0.15, 0.2) is 28.9 Å². The topological polar surface area (TPSA) is 64.2 Å². The molecule has 1 saturated carbocycles. The molecule has 2 aliphatic heterocycles. The molecule has 27 heavy (non-hydrogen) atoms. The third kappa shape index (κ3) is 2.70. The van der Waals surface area contributed by atoms with Gasteiger partial charge in [0.25, 0.3) is 0 Å². The standard InChI is InChI=1S/C21H23ClN4O/c1-13-24-19-17(22)8-15-7-16(12-26-10-14(9-23)11-26)27-20(15)18(19)21(25-13)5-3-2-4-6-21/h7-8,14,24-25H,1-6,10-12H2. The number of hydrogen-bond donors (Lipinski definition) is 2. The van der Waals surface area contributed by atoms with Crippen molar-refractivity contribution in [3.05, 3.63) is 40.9 Å². The summed E-state index contributed by atoms with van der Waals surface area (Å²) in [6.45, 7) is 6.49. The smallest absolute Gasteiger partial charge is 0.142 e. The van der Waals surface area contributed by atoms with Gasteiger partial charge >= 0.3 is 0 Å². The number of nitriles is 1. The fourth-order valence-corrected chi connectivity index (χ4v) is 5.18. The van der Waals surface area contributed by atoms with Gasteiger partial charge in [-0.05, 0) is 25.0 Å². The molecule has 2 N–H and O–H groups in total. The molecule has 140 valence electrons. The number of anilines is 1. The minimum atomic E-state index is -0.156. The first-order valence-corrected chi connectivity index (χ1v) is 10.1. The lowest BCUT2D eigenvalue weighted by molar-refractivity contribution is 0.117. The van der Waals surface area contributed by atoms with Crippen LogP contribution in [0.25, 0.3) is 11.0 Å². The van der Waals surface area contributed by atoms with Crippen LogP contribution in [-0.4, -0.2) is 18.0 Å². The van der Waals surface area contributed by atoms with Gasteiger partial charge in [0.15, 0.2) is 0 Å². The Kier molecular flexibility index (Phi) is 3.89. The van der Waals surface area contributed by atoms with Gasteiger partial charge in [-0.1, -0.05) is 37.4 Å². The molecular formula is C21H23ClN4O. The van der Waals surface area contributed by atoms with Gasteiger partial charge in [0, 0.05) is 24.0 Å². The van der Waals surface area contributed by atoms with Gasteiger partial charge in [-0.15, -0.1) is 0 Å². The van der Waals surface area contributed by atoms with Crippen molar-refractivity contribution >= 4 is 28.3 Å². The van der Waals surface area contributed by atoms with Crippen molar-refractivity contribution in [2.75, 3.05) is 18.4 Å². The van der Waals surface area contributed by atoms with E-state index >= 15 is 0 Å². The first kappa shape index (κ1) is 17.0. The Hall–Kier alpha value is -2.16. The van der Waals surface area contributed by atoms with E-state index < -0.39 is 0 Å². The average Bonchev–Trinajstić information content (AvgIpc) is 3.00. The molecule has 1 aliphatic carbocycles. The number of hydrogen-bond acceptors (Lipinski definition) is 5. The summed E-state index contributed by atoms with van der Waals surface area (Å²) >= 11 is 6.66. The first-order chi connectivity index (χ1) is 13.1. The summed E-state index contributed by atoms with van der Waals surface area (Å²) in [5, 5.41) is 17.7. The zero-order valence-electron chi connectivity index (χ0n) is 15.3. The van der Waals surface area contributed by atoms with E-state index in [-0.39, 0.29) is 11.5 Å². The largest absolute Gasteiger partial charge is 0.459 e. The monoisotopic (exact) mass is 382 g/mol. The van der Waals surface area contributed by atoms with Crippen molar-refractivity contribution in [2.24, 2.45) is 5.92 Å². The van der Waals surface area contributed by atoms with Crippen LogP contribution in [0.4, 0.5) is 5.69 Å². The maximum Gasteiger partial charge on any atom is 0.142 e. The number of rotatable bonds is 2. The number of benzene rings is 1. The molecule has 0 bridgehead atoms. The summed E-state index contributed by atoms with van der Waals surface area (Å²) in [6.07, 6.45) is 5.75. The van der Waals surface area contributed by atoms with Crippen molar-refractivity contribution in [2.45, 2.75) is 44.2 Å². The lowest BCUT2D eigenvalue weighted by Gasteiger charge is -2.44. The highest BCUT2D eigenvalue weighted by Crippen LogP contribution is 2.49. The minimum absolute atomic E-state index is 0.154. The minimum Gasteiger partial charge on any atom is -0.459 e. The molecule has 0 atom stereocenters. The summed E-state index contributed by atoms with van der Waals surface area (Å²) in [7, 11) is 0. The van der Waals surface area contributed by atoms with Crippen LogP contribution in [0.1, 0.15) is 43.4 Å². The molecule has 3 aliphatic rings. The van der Waals surface area contributed by atoms with Crippen molar-refractivity contribution in [3.63, 3.8) is 0 Å². The van der Waals surface area contributed by atoms with Gasteiger partial charge in [0.05, 0.1) is 40.6 Å². The van der Waals surface area contributed by atoms with Crippen LogP contribution in [-0.2, 0) is 12.1 Å². The maximum atomic E-state index is 8.97. The Morgan fingerprint density at radius 1 is 1.30 bits per heavy atom.